The third-order valence-corrected chi connectivity index (χ3v) is 3.23. The van der Waals surface area contributed by atoms with E-state index in [9.17, 15) is 27.2 Å². The number of primary amides is 1. The molecule has 2 amide bonds. The summed E-state index contributed by atoms with van der Waals surface area (Å²) >= 11 is 0. The molecule has 6 nitrogen and oxygen atoms in total. The van der Waals surface area contributed by atoms with Crippen LogP contribution in [-0.4, -0.2) is 31.1 Å². The number of carbonyl (C=O) groups excluding carboxylic acids is 2. The Bertz CT molecular complexity index is 823. The first kappa shape index (κ1) is 20.0. The quantitative estimate of drug-likeness (QED) is 0.639. The number of amides is 2. The van der Waals surface area contributed by atoms with Gasteiger partial charge in [0.1, 0.15) is 11.6 Å². The van der Waals surface area contributed by atoms with Crippen LogP contribution in [-0.2, 0) is 4.79 Å². The van der Waals surface area contributed by atoms with Crippen LogP contribution in [0, 0.1) is 5.82 Å². The smallest absolute Gasteiger partial charge is 0.422 e. The van der Waals surface area contributed by atoms with E-state index in [2.05, 4.69) is 15.4 Å². The van der Waals surface area contributed by atoms with Crippen LogP contribution in [0.4, 0.5) is 28.9 Å². The Labute approximate surface area is 151 Å². The highest BCUT2D eigenvalue weighted by molar-refractivity contribution is 5.96. The number of ether oxygens (including phenoxy) is 1. The molecule has 0 heterocycles. The first-order valence-electron chi connectivity index (χ1n) is 7.57. The molecule has 0 unspecified atom stereocenters. The normalized spacial score (nSPS) is 11.0. The zero-order chi connectivity index (χ0) is 20.0. The van der Waals surface area contributed by atoms with Crippen LogP contribution in [0.5, 0.6) is 5.75 Å². The Morgan fingerprint density at radius 3 is 2.33 bits per heavy atom. The lowest BCUT2D eigenvalue weighted by Crippen LogP contribution is -2.23. The van der Waals surface area contributed by atoms with Gasteiger partial charge in [0.15, 0.2) is 6.61 Å². The van der Waals surface area contributed by atoms with E-state index in [-0.39, 0.29) is 23.5 Å². The summed E-state index contributed by atoms with van der Waals surface area (Å²) in [5.41, 5.74) is 5.64. The van der Waals surface area contributed by atoms with Crippen molar-refractivity contribution in [1.29, 1.82) is 0 Å². The van der Waals surface area contributed by atoms with Gasteiger partial charge in [-0.2, -0.15) is 13.2 Å². The second-order valence-electron chi connectivity index (χ2n) is 5.39. The molecule has 0 aliphatic heterocycles. The molecule has 144 valence electrons. The number of rotatable bonds is 7. The number of nitrogens with one attached hydrogen (secondary N) is 2. The van der Waals surface area contributed by atoms with Crippen LogP contribution in [0.3, 0.4) is 0 Å². The molecule has 0 saturated heterocycles. The molecule has 0 atom stereocenters. The van der Waals surface area contributed by atoms with Crippen molar-refractivity contribution in [1.82, 2.24) is 0 Å². The lowest BCUT2D eigenvalue weighted by molar-refractivity contribution is -0.153. The van der Waals surface area contributed by atoms with E-state index in [1.807, 2.05) is 0 Å². The molecule has 0 saturated carbocycles. The van der Waals surface area contributed by atoms with Crippen LogP contribution < -0.4 is 21.1 Å². The Kier molecular flexibility index (Phi) is 6.22. The van der Waals surface area contributed by atoms with Crippen LogP contribution in [0.2, 0.25) is 0 Å². The minimum Gasteiger partial charge on any atom is -0.482 e. The molecule has 4 N–H and O–H groups in total. The summed E-state index contributed by atoms with van der Waals surface area (Å²) in [5, 5.41) is 5.02. The van der Waals surface area contributed by atoms with Gasteiger partial charge in [-0.05, 0) is 36.4 Å². The van der Waals surface area contributed by atoms with Crippen molar-refractivity contribution >= 4 is 23.2 Å². The highest BCUT2D eigenvalue weighted by Crippen LogP contribution is 2.27. The van der Waals surface area contributed by atoms with E-state index >= 15 is 0 Å². The molecule has 0 bridgehead atoms. The van der Waals surface area contributed by atoms with E-state index in [4.69, 9.17) is 5.73 Å². The lowest BCUT2D eigenvalue weighted by Gasteiger charge is -2.14. The van der Waals surface area contributed by atoms with E-state index in [1.165, 1.54) is 24.3 Å². The van der Waals surface area contributed by atoms with E-state index in [0.29, 0.717) is 5.69 Å². The van der Waals surface area contributed by atoms with Gasteiger partial charge in [0.25, 0.3) is 0 Å². The zero-order valence-corrected chi connectivity index (χ0v) is 13.8. The summed E-state index contributed by atoms with van der Waals surface area (Å²) in [6, 6.07) is 8.64. The SMILES string of the molecule is NC(=O)c1ccc(NC(=O)CNc2cc(F)ccc2OCC(F)(F)F)cc1. The second kappa shape index (κ2) is 8.39. The third kappa shape index (κ3) is 6.49. The number of nitrogens with two attached hydrogens (primary N) is 1. The zero-order valence-electron chi connectivity index (χ0n) is 13.8. The van der Waals surface area contributed by atoms with E-state index in [1.54, 1.807) is 0 Å². The topological polar surface area (TPSA) is 93.5 Å². The largest absolute Gasteiger partial charge is 0.482 e. The van der Waals surface area contributed by atoms with Crippen molar-refractivity contribution in [3.8, 4) is 5.75 Å². The summed E-state index contributed by atoms with van der Waals surface area (Å²) in [5.74, 6) is -2.12. The molecule has 2 aromatic carbocycles. The van der Waals surface area contributed by atoms with Gasteiger partial charge in [0.2, 0.25) is 11.8 Å². The third-order valence-electron chi connectivity index (χ3n) is 3.23. The van der Waals surface area contributed by atoms with Gasteiger partial charge in [0.05, 0.1) is 12.2 Å². The molecule has 0 aliphatic carbocycles. The highest BCUT2D eigenvalue weighted by Gasteiger charge is 2.28. The maximum atomic E-state index is 13.3. The summed E-state index contributed by atoms with van der Waals surface area (Å²) in [4.78, 5) is 22.9. The van der Waals surface area contributed by atoms with Gasteiger partial charge in [0, 0.05) is 17.3 Å². The predicted molar refractivity (Wildman–Crippen MR) is 90.0 cm³/mol. The van der Waals surface area contributed by atoms with Gasteiger partial charge in [-0.3, -0.25) is 9.59 Å². The highest BCUT2D eigenvalue weighted by atomic mass is 19.4. The average molecular weight is 385 g/mol. The van der Waals surface area contributed by atoms with Crippen LogP contribution >= 0.6 is 0 Å². The Morgan fingerprint density at radius 2 is 1.74 bits per heavy atom. The minimum absolute atomic E-state index is 0.0986. The first-order chi connectivity index (χ1) is 12.6. The van der Waals surface area contributed by atoms with Crippen LogP contribution in [0.25, 0.3) is 0 Å². The fraction of sp³-hybridized carbons (Fsp3) is 0.176. The molecule has 2 rings (SSSR count). The summed E-state index contributed by atoms with van der Waals surface area (Å²) in [7, 11) is 0. The molecule has 0 aromatic heterocycles. The maximum Gasteiger partial charge on any atom is 0.422 e. The Morgan fingerprint density at radius 1 is 1.07 bits per heavy atom. The number of anilines is 2. The molecule has 2 aromatic rings. The van der Waals surface area contributed by atoms with Crippen LogP contribution in [0.15, 0.2) is 42.5 Å². The number of alkyl halides is 3. The van der Waals surface area contributed by atoms with Crippen molar-refractivity contribution < 1.29 is 31.9 Å². The fourth-order valence-corrected chi connectivity index (χ4v) is 2.02. The summed E-state index contributed by atoms with van der Waals surface area (Å²) < 4.78 is 54.8. The molecular weight excluding hydrogens is 370 g/mol. The van der Waals surface area contributed by atoms with Crippen molar-refractivity contribution in [3.05, 3.63) is 53.8 Å². The number of hydrogen-bond donors (Lipinski definition) is 3. The average Bonchev–Trinajstić information content (AvgIpc) is 2.58. The van der Waals surface area contributed by atoms with Crippen molar-refractivity contribution in [2.45, 2.75) is 6.18 Å². The molecule has 0 spiro atoms. The van der Waals surface area contributed by atoms with Gasteiger partial charge in [-0.15, -0.1) is 0 Å². The number of hydrogen-bond acceptors (Lipinski definition) is 4. The standard InChI is InChI=1S/C17H15F4N3O3/c18-11-3-6-14(27-9-17(19,20)21)13(7-11)23-8-15(25)24-12-4-1-10(2-5-12)16(22)26/h1-7,23H,8-9H2,(H2,22,26)(H,24,25). The predicted octanol–water partition coefficient (Wildman–Crippen LogP) is 2.92. The molecule has 10 heteroatoms. The molecular formula is C17H15F4N3O3. The van der Waals surface area contributed by atoms with Gasteiger partial charge < -0.3 is 21.1 Å². The Hall–Kier alpha value is -3.30. The molecule has 0 aliphatic rings. The van der Waals surface area contributed by atoms with Gasteiger partial charge in [-0.25, -0.2) is 4.39 Å². The lowest BCUT2D eigenvalue weighted by atomic mass is 10.2. The van der Waals surface area contributed by atoms with Crippen molar-refractivity contribution in [2.24, 2.45) is 5.73 Å². The van der Waals surface area contributed by atoms with Gasteiger partial charge >= 0.3 is 6.18 Å². The first-order valence-corrected chi connectivity index (χ1v) is 7.57. The van der Waals surface area contributed by atoms with Gasteiger partial charge in [-0.1, -0.05) is 0 Å². The molecule has 0 radical (unpaired) electrons. The number of carbonyl (C=O) groups is 2. The van der Waals surface area contributed by atoms with E-state index < -0.39 is 30.4 Å². The van der Waals surface area contributed by atoms with Crippen molar-refractivity contribution in [3.63, 3.8) is 0 Å². The fourth-order valence-electron chi connectivity index (χ4n) is 2.02. The summed E-state index contributed by atoms with van der Waals surface area (Å²) in [6.45, 7) is -1.91. The minimum atomic E-state index is -4.56. The molecule has 27 heavy (non-hydrogen) atoms. The maximum absolute atomic E-state index is 13.3. The Balaban J connectivity index is 1.97. The molecule has 0 fully saturated rings. The number of benzene rings is 2. The monoisotopic (exact) mass is 385 g/mol. The van der Waals surface area contributed by atoms with E-state index in [0.717, 1.165) is 18.2 Å². The summed E-state index contributed by atoms with van der Waals surface area (Å²) in [6.07, 6.45) is -4.56. The van der Waals surface area contributed by atoms with Crippen molar-refractivity contribution in [2.75, 3.05) is 23.8 Å². The second-order valence-corrected chi connectivity index (χ2v) is 5.39. The number of halogens is 4. The van der Waals surface area contributed by atoms with Crippen LogP contribution in [0.1, 0.15) is 10.4 Å².